The Morgan fingerprint density at radius 1 is 0.500 bits per heavy atom. The zero-order valence-electron chi connectivity index (χ0n) is 13.5. The predicted molar refractivity (Wildman–Crippen MR) is 81.8 cm³/mol. The quantitative estimate of drug-likeness (QED) is 0.229. The van der Waals surface area contributed by atoms with Crippen molar-refractivity contribution >= 4 is 0 Å². The number of hydrogen-bond donors (Lipinski definition) is 0. The molecule has 0 amide bonds. The second-order valence-electron chi connectivity index (χ2n) is 4.93. The van der Waals surface area contributed by atoms with E-state index in [1.165, 1.54) is 44.9 Å². The Labute approximate surface area is 125 Å². The molecule has 0 aromatic heterocycles. The van der Waals surface area contributed by atoms with Gasteiger partial charge in [-0.15, -0.1) is 0 Å². The Kier molecular flexibility index (Phi) is 18.7. The molecular formula is C16H34O4. The summed E-state index contributed by atoms with van der Waals surface area (Å²) in [4.78, 5) is 10.1. The zero-order chi connectivity index (χ0) is 14.7. The van der Waals surface area contributed by atoms with Crippen LogP contribution in [0.1, 0.15) is 65.2 Å². The average molecular weight is 290 g/mol. The summed E-state index contributed by atoms with van der Waals surface area (Å²) in [7, 11) is 0. The lowest BCUT2D eigenvalue weighted by Gasteiger charge is -2.06. The van der Waals surface area contributed by atoms with E-state index >= 15 is 0 Å². The highest BCUT2D eigenvalue weighted by Crippen LogP contribution is 2.08. The maximum Gasteiger partial charge on any atom is 0.106 e. The van der Waals surface area contributed by atoms with Gasteiger partial charge in [-0.1, -0.05) is 51.9 Å². The molecule has 0 aliphatic heterocycles. The van der Waals surface area contributed by atoms with Crippen LogP contribution in [0.5, 0.6) is 0 Å². The maximum absolute atomic E-state index is 5.30. The van der Waals surface area contributed by atoms with Gasteiger partial charge in [0.05, 0.1) is 26.4 Å². The molecule has 0 fully saturated rings. The molecule has 4 heteroatoms. The van der Waals surface area contributed by atoms with Crippen LogP contribution in [-0.4, -0.2) is 39.6 Å². The van der Waals surface area contributed by atoms with Crippen LogP contribution >= 0.6 is 0 Å². The number of rotatable bonds is 17. The van der Waals surface area contributed by atoms with Gasteiger partial charge in [-0.2, -0.15) is 0 Å². The lowest BCUT2D eigenvalue weighted by Crippen LogP contribution is -2.09. The molecule has 0 aromatic rings. The first kappa shape index (κ1) is 19.8. The Bertz CT molecular complexity index is 147. The SMILES string of the molecule is CCCCCCCCCCOOCCOCCOCC. The molecule has 122 valence electrons. The summed E-state index contributed by atoms with van der Waals surface area (Å²) in [5.74, 6) is 0. The highest BCUT2D eigenvalue weighted by atomic mass is 17.2. The third kappa shape index (κ3) is 17.8. The molecule has 0 radical (unpaired) electrons. The standard InChI is InChI=1S/C16H34O4/c1-3-5-6-7-8-9-10-11-12-19-20-16-15-18-14-13-17-4-2/h3-16H2,1-2H3. The summed E-state index contributed by atoms with van der Waals surface area (Å²) in [6.07, 6.45) is 10.5. The van der Waals surface area contributed by atoms with E-state index in [1.54, 1.807) is 0 Å². The Morgan fingerprint density at radius 2 is 1.05 bits per heavy atom. The van der Waals surface area contributed by atoms with Crippen LogP contribution in [0.2, 0.25) is 0 Å². The first-order chi connectivity index (χ1) is 9.91. The highest BCUT2D eigenvalue weighted by Gasteiger charge is 1.94. The van der Waals surface area contributed by atoms with Gasteiger partial charge in [0.1, 0.15) is 6.61 Å². The molecule has 0 spiro atoms. The maximum atomic E-state index is 5.30. The van der Waals surface area contributed by atoms with Crippen LogP contribution in [0.25, 0.3) is 0 Å². The van der Waals surface area contributed by atoms with E-state index in [0.29, 0.717) is 33.0 Å². The third-order valence-corrected chi connectivity index (χ3v) is 3.05. The summed E-state index contributed by atoms with van der Waals surface area (Å²) in [6.45, 7) is 7.97. The summed E-state index contributed by atoms with van der Waals surface area (Å²) in [5.41, 5.74) is 0. The first-order valence-electron chi connectivity index (χ1n) is 8.31. The third-order valence-electron chi connectivity index (χ3n) is 3.05. The van der Waals surface area contributed by atoms with Gasteiger partial charge >= 0.3 is 0 Å². The highest BCUT2D eigenvalue weighted by molar-refractivity contribution is 4.45. The molecule has 0 aromatic carbocycles. The zero-order valence-corrected chi connectivity index (χ0v) is 13.5. The fraction of sp³-hybridized carbons (Fsp3) is 1.00. The molecule has 0 saturated heterocycles. The van der Waals surface area contributed by atoms with E-state index in [9.17, 15) is 0 Å². The van der Waals surface area contributed by atoms with Gasteiger partial charge in [0.15, 0.2) is 0 Å². The van der Waals surface area contributed by atoms with Crippen molar-refractivity contribution in [3.05, 3.63) is 0 Å². The van der Waals surface area contributed by atoms with Crippen molar-refractivity contribution in [2.75, 3.05) is 39.6 Å². The van der Waals surface area contributed by atoms with Crippen molar-refractivity contribution in [1.82, 2.24) is 0 Å². The summed E-state index contributed by atoms with van der Waals surface area (Å²) < 4.78 is 10.4. The van der Waals surface area contributed by atoms with Crippen molar-refractivity contribution in [3.63, 3.8) is 0 Å². The normalized spacial score (nSPS) is 11.1. The molecule has 0 heterocycles. The average Bonchev–Trinajstić information content (AvgIpc) is 2.47. The van der Waals surface area contributed by atoms with Crippen LogP contribution < -0.4 is 0 Å². The Balaban J connectivity index is 2.89. The Hall–Kier alpha value is -0.160. The van der Waals surface area contributed by atoms with Crippen molar-refractivity contribution in [2.24, 2.45) is 0 Å². The van der Waals surface area contributed by atoms with E-state index in [-0.39, 0.29) is 0 Å². The fourth-order valence-corrected chi connectivity index (χ4v) is 1.87. The summed E-state index contributed by atoms with van der Waals surface area (Å²) >= 11 is 0. The van der Waals surface area contributed by atoms with Gasteiger partial charge in [0, 0.05) is 6.61 Å². The van der Waals surface area contributed by atoms with Gasteiger partial charge < -0.3 is 9.47 Å². The van der Waals surface area contributed by atoms with E-state index < -0.39 is 0 Å². The second kappa shape index (κ2) is 18.8. The van der Waals surface area contributed by atoms with E-state index in [4.69, 9.17) is 19.2 Å². The summed E-state index contributed by atoms with van der Waals surface area (Å²) in [6, 6.07) is 0. The van der Waals surface area contributed by atoms with E-state index in [2.05, 4.69) is 6.92 Å². The predicted octanol–water partition coefficient (Wildman–Crippen LogP) is 4.13. The number of unbranched alkanes of at least 4 members (excludes halogenated alkanes) is 7. The minimum absolute atomic E-state index is 0.489. The van der Waals surface area contributed by atoms with Gasteiger partial charge in [-0.3, -0.25) is 0 Å². The van der Waals surface area contributed by atoms with Gasteiger partial charge in [-0.25, -0.2) is 9.78 Å². The van der Waals surface area contributed by atoms with Crippen LogP contribution in [0.4, 0.5) is 0 Å². The van der Waals surface area contributed by atoms with Crippen LogP contribution in [0, 0.1) is 0 Å². The van der Waals surface area contributed by atoms with Crippen molar-refractivity contribution in [3.8, 4) is 0 Å². The lowest BCUT2D eigenvalue weighted by atomic mass is 10.1. The van der Waals surface area contributed by atoms with Gasteiger partial charge in [0.25, 0.3) is 0 Å². The van der Waals surface area contributed by atoms with Crippen molar-refractivity contribution < 1.29 is 19.2 Å². The monoisotopic (exact) mass is 290 g/mol. The second-order valence-corrected chi connectivity index (χ2v) is 4.93. The molecule has 0 atom stereocenters. The molecule has 20 heavy (non-hydrogen) atoms. The van der Waals surface area contributed by atoms with Crippen molar-refractivity contribution in [1.29, 1.82) is 0 Å². The molecule has 0 unspecified atom stereocenters. The number of ether oxygens (including phenoxy) is 2. The number of hydrogen-bond acceptors (Lipinski definition) is 4. The van der Waals surface area contributed by atoms with Crippen LogP contribution in [0.3, 0.4) is 0 Å². The minimum atomic E-state index is 0.489. The van der Waals surface area contributed by atoms with Crippen LogP contribution in [0.15, 0.2) is 0 Å². The van der Waals surface area contributed by atoms with Crippen molar-refractivity contribution in [2.45, 2.75) is 65.2 Å². The molecule has 0 aliphatic carbocycles. The van der Waals surface area contributed by atoms with Gasteiger partial charge in [0.2, 0.25) is 0 Å². The van der Waals surface area contributed by atoms with Crippen LogP contribution in [-0.2, 0) is 19.2 Å². The molecule has 0 rings (SSSR count). The molecular weight excluding hydrogens is 256 g/mol. The van der Waals surface area contributed by atoms with E-state index in [1.807, 2.05) is 6.92 Å². The first-order valence-corrected chi connectivity index (χ1v) is 8.31. The Morgan fingerprint density at radius 3 is 1.75 bits per heavy atom. The topological polar surface area (TPSA) is 36.9 Å². The smallest absolute Gasteiger partial charge is 0.106 e. The molecule has 0 bridgehead atoms. The minimum Gasteiger partial charge on any atom is -0.379 e. The van der Waals surface area contributed by atoms with E-state index in [0.717, 1.165) is 13.0 Å². The fourth-order valence-electron chi connectivity index (χ4n) is 1.87. The lowest BCUT2D eigenvalue weighted by molar-refractivity contribution is -0.299. The molecule has 0 N–H and O–H groups in total. The molecule has 0 aliphatic rings. The largest absolute Gasteiger partial charge is 0.379 e. The van der Waals surface area contributed by atoms with Gasteiger partial charge in [-0.05, 0) is 13.3 Å². The molecule has 4 nitrogen and oxygen atoms in total. The molecule has 0 saturated carbocycles. The summed E-state index contributed by atoms with van der Waals surface area (Å²) in [5, 5.41) is 0.